The summed E-state index contributed by atoms with van der Waals surface area (Å²) >= 11 is 0. The third-order valence-corrected chi connectivity index (χ3v) is 7.99. The average Bonchev–Trinajstić information content (AvgIpc) is 2.80. The van der Waals surface area contributed by atoms with Gasteiger partial charge in [0.15, 0.2) is 34.7 Å². The number of fused-ring (bicyclic) bond motifs is 3. The maximum absolute atomic E-state index is 13.8. The number of likely N-dealkylation sites (N-methyl/N-ethyl adjacent to an activating group) is 1. The Morgan fingerprint density at radius 3 is 2.24 bits per heavy atom. The predicted octanol–water partition coefficient (Wildman–Crippen LogP) is -1.71. The lowest BCUT2D eigenvalue weighted by molar-refractivity contribution is -0.181. The van der Waals surface area contributed by atoms with Crippen molar-refractivity contribution in [2.24, 2.45) is 29.4 Å². The van der Waals surface area contributed by atoms with Crippen molar-refractivity contribution in [2.45, 2.75) is 24.5 Å². The first-order valence-corrected chi connectivity index (χ1v) is 11.8. The van der Waals surface area contributed by atoms with Crippen LogP contribution in [0.2, 0.25) is 0 Å². The number of hydrogen-bond donors (Lipinski definition) is 4. The largest absolute Gasteiger partial charge is 0.506 e. The van der Waals surface area contributed by atoms with E-state index < -0.39 is 76.0 Å². The van der Waals surface area contributed by atoms with Gasteiger partial charge in [-0.15, -0.1) is 0 Å². The summed E-state index contributed by atoms with van der Waals surface area (Å²) in [6, 6.07) is 0.286. The molecule has 4 rings (SSSR count). The fourth-order valence-electron chi connectivity index (χ4n) is 6.36. The fraction of sp³-hybridized carbons (Fsp3) is 0.520. The number of rotatable bonds is 4. The van der Waals surface area contributed by atoms with Gasteiger partial charge in [-0.25, -0.2) is 0 Å². The Bertz CT molecular complexity index is 1270. The summed E-state index contributed by atoms with van der Waals surface area (Å²) < 4.78 is 0. The maximum atomic E-state index is 13.8. The number of hydrogen-bond acceptors (Lipinski definition) is 10. The molecule has 198 valence electrons. The number of carbonyl (C=O) groups excluding carboxylic acids is 6. The number of aromatic hydroxyl groups is 1. The summed E-state index contributed by atoms with van der Waals surface area (Å²) in [7, 11) is 7.81. The number of anilines is 1. The number of benzene rings is 1. The van der Waals surface area contributed by atoms with Crippen LogP contribution in [0, 0.1) is 23.7 Å². The van der Waals surface area contributed by atoms with E-state index in [-0.39, 0.29) is 24.0 Å². The van der Waals surface area contributed by atoms with Gasteiger partial charge in [0.05, 0.1) is 23.1 Å². The molecule has 1 aromatic rings. The van der Waals surface area contributed by atoms with Crippen molar-refractivity contribution < 1.29 is 39.0 Å². The summed E-state index contributed by atoms with van der Waals surface area (Å²) in [5.74, 6) is -12.1. The van der Waals surface area contributed by atoms with Gasteiger partial charge in [-0.1, -0.05) is 0 Å². The van der Waals surface area contributed by atoms with Crippen LogP contribution in [-0.2, 0) is 25.6 Å². The predicted molar refractivity (Wildman–Crippen MR) is 129 cm³/mol. The monoisotopic (exact) mass is 514 g/mol. The lowest BCUT2D eigenvalue weighted by Gasteiger charge is -2.52. The van der Waals surface area contributed by atoms with Crippen LogP contribution in [-0.4, -0.2) is 96.9 Å². The third-order valence-electron chi connectivity index (χ3n) is 7.99. The minimum Gasteiger partial charge on any atom is -0.506 e. The zero-order valence-corrected chi connectivity index (χ0v) is 21.2. The molecule has 0 aliphatic heterocycles. The molecule has 2 saturated carbocycles. The van der Waals surface area contributed by atoms with E-state index >= 15 is 0 Å². The molecule has 0 aromatic heterocycles. The normalized spacial score (nSPS) is 30.9. The number of nitrogens with two attached hydrogens (primary N) is 1. The van der Waals surface area contributed by atoms with Gasteiger partial charge in [-0.3, -0.25) is 33.7 Å². The Labute approximate surface area is 212 Å². The quantitative estimate of drug-likeness (QED) is 0.337. The number of carbonyl (C=O) groups is 6. The fourth-order valence-corrected chi connectivity index (χ4v) is 6.36. The molecular formula is C25H30N4O8. The minimum atomic E-state index is -2.80. The van der Waals surface area contributed by atoms with Gasteiger partial charge in [-0.05, 0) is 44.5 Å². The van der Waals surface area contributed by atoms with Crippen molar-refractivity contribution in [3.05, 3.63) is 22.8 Å². The molecule has 5 N–H and O–H groups in total. The Morgan fingerprint density at radius 1 is 1.11 bits per heavy atom. The molecule has 2 amide bonds. The average molecular weight is 515 g/mol. The molecule has 0 saturated heterocycles. The highest BCUT2D eigenvalue weighted by Gasteiger charge is 2.69. The molecule has 3 aliphatic rings. The molecular weight excluding hydrogens is 484 g/mol. The van der Waals surface area contributed by atoms with Crippen LogP contribution in [0.5, 0.6) is 5.75 Å². The zero-order chi connectivity index (χ0) is 27.7. The number of nitrogens with zero attached hydrogens (tertiary/aromatic N) is 2. The van der Waals surface area contributed by atoms with Crippen LogP contribution in [0.4, 0.5) is 5.69 Å². The second kappa shape index (κ2) is 8.73. The Kier molecular flexibility index (Phi) is 6.24. The van der Waals surface area contributed by atoms with E-state index in [4.69, 9.17) is 5.73 Å². The van der Waals surface area contributed by atoms with E-state index in [0.29, 0.717) is 11.3 Å². The Balaban J connectivity index is 1.92. The van der Waals surface area contributed by atoms with Gasteiger partial charge >= 0.3 is 0 Å². The minimum absolute atomic E-state index is 0.0469. The van der Waals surface area contributed by atoms with E-state index in [1.807, 2.05) is 0 Å². The highest BCUT2D eigenvalue weighted by Crippen LogP contribution is 2.52. The highest BCUT2D eigenvalue weighted by atomic mass is 16.3. The van der Waals surface area contributed by atoms with Crippen LogP contribution in [0.1, 0.15) is 32.7 Å². The van der Waals surface area contributed by atoms with E-state index in [1.54, 1.807) is 19.0 Å². The van der Waals surface area contributed by atoms with Gasteiger partial charge in [0.25, 0.3) is 5.91 Å². The van der Waals surface area contributed by atoms with E-state index in [9.17, 15) is 39.0 Å². The number of amides is 2. The van der Waals surface area contributed by atoms with Crippen molar-refractivity contribution in [2.75, 3.05) is 40.1 Å². The van der Waals surface area contributed by atoms with E-state index in [2.05, 4.69) is 5.32 Å². The zero-order valence-electron chi connectivity index (χ0n) is 21.2. The molecule has 0 heterocycles. The van der Waals surface area contributed by atoms with Gasteiger partial charge in [0, 0.05) is 32.7 Å². The Morgan fingerprint density at radius 2 is 1.73 bits per heavy atom. The van der Waals surface area contributed by atoms with Crippen LogP contribution >= 0.6 is 0 Å². The number of primary amides is 1. The van der Waals surface area contributed by atoms with E-state index in [1.165, 1.54) is 32.1 Å². The molecule has 0 spiro atoms. The first-order chi connectivity index (χ1) is 17.2. The smallest absolute Gasteiger partial charge is 0.254 e. The lowest BCUT2D eigenvalue weighted by atomic mass is 9.52. The standard InChI is InChI=1S/C25H30N4O8/c1-27-24(36)11-8-13(28(2)3)10-6-9-7-12-17(29(4)5)20(32)16(23(26)35)22(34)25(12,37)21(33)14(9)19(31)15(10)18(11)30/h8-9,12,14,16-17,30,37H,6-7H2,1-5H3,(H2,26,35)(H,27,36)/t9-,12-,14?,16?,17-,25-/m0/s1. The van der Waals surface area contributed by atoms with E-state index in [0.717, 1.165) is 0 Å². The van der Waals surface area contributed by atoms with Crippen molar-refractivity contribution in [1.29, 1.82) is 0 Å². The molecule has 3 aliphatic carbocycles. The summed E-state index contributed by atoms with van der Waals surface area (Å²) in [5, 5.41) is 25.0. The molecule has 12 nitrogen and oxygen atoms in total. The second-order valence-corrected chi connectivity index (χ2v) is 10.4. The van der Waals surface area contributed by atoms with Crippen LogP contribution in [0.3, 0.4) is 0 Å². The summed E-state index contributed by atoms with van der Waals surface area (Å²) in [4.78, 5) is 81.7. The number of phenolic OH excluding ortho intramolecular Hbond substituents is 1. The first kappa shape index (κ1) is 26.4. The van der Waals surface area contributed by atoms with Gasteiger partial charge in [0.1, 0.15) is 5.75 Å². The number of phenols is 1. The van der Waals surface area contributed by atoms with Crippen LogP contribution < -0.4 is 16.0 Å². The lowest BCUT2D eigenvalue weighted by Crippen LogP contribution is -2.74. The SMILES string of the molecule is CNC(=O)c1cc(N(C)C)c2c(c1O)C(=O)C1C(=O)[C@]3(O)C(=O)C(C(N)=O)C(=O)[C@@H](N(C)C)[C@@H]3C[C@@H]1C2. The number of ketones is 4. The van der Waals surface area contributed by atoms with Gasteiger partial charge in [-0.2, -0.15) is 0 Å². The van der Waals surface area contributed by atoms with Crippen LogP contribution in [0.15, 0.2) is 6.07 Å². The topological polar surface area (TPSA) is 187 Å². The van der Waals surface area contributed by atoms with Crippen molar-refractivity contribution in [1.82, 2.24) is 10.2 Å². The van der Waals surface area contributed by atoms with Gasteiger partial charge in [0.2, 0.25) is 5.91 Å². The van der Waals surface area contributed by atoms with Gasteiger partial charge < -0.3 is 26.2 Å². The second-order valence-electron chi connectivity index (χ2n) is 10.4. The number of aliphatic hydroxyl groups is 1. The Hall–Kier alpha value is -3.64. The molecule has 2 fully saturated rings. The molecule has 2 unspecified atom stereocenters. The molecule has 0 bridgehead atoms. The van der Waals surface area contributed by atoms with Crippen molar-refractivity contribution in [3.8, 4) is 5.75 Å². The number of nitrogens with one attached hydrogen (secondary N) is 1. The van der Waals surface area contributed by atoms with Crippen molar-refractivity contribution in [3.63, 3.8) is 0 Å². The summed E-state index contributed by atoms with van der Waals surface area (Å²) in [5.41, 5.74) is 3.03. The van der Waals surface area contributed by atoms with Crippen molar-refractivity contribution >= 4 is 40.6 Å². The highest BCUT2D eigenvalue weighted by molar-refractivity contribution is 6.32. The molecule has 0 radical (unpaired) electrons. The molecule has 12 heteroatoms. The van der Waals surface area contributed by atoms with Crippen LogP contribution in [0.25, 0.3) is 0 Å². The number of Topliss-reactive ketones (excluding diaryl/α,β-unsaturated/α-hetero) is 4. The molecule has 37 heavy (non-hydrogen) atoms. The summed E-state index contributed by atoms with van der Waals surface area (Å²) in [6.45, 7) is 0. The summed E-state index contributed by atoms with van der Waals surface area (Å²) in [6.07, 6.45) is 0.0651. The molecule has 6 atom stereocenters. The third kappa shape index (κ3) is 3.50. The first-order valence-electron chi connectivity index (χ1n) is 11.8. The maximum Gasteiger partial charge on any atom is 0.254 e. The molecule has 1 aromatic carbocycles.